The number of hydrogen-bond donors (Lipinski definition) is 2. The summed E-state index contributed by atoms with van der Waals surface area (Å²) < 4.78 is 9.65. The topological polar surface area (TPSA) is 111 Å². The second-order valence-electron chi connectivity index (χ2n) is 5.15. The molecule has 1 unspecified atom stereocenters. The summed E-state index contributed by atoms with van der Waals surface area (Å²) in [6.45, 7) is 2.60. The Morgan fingerprint density at radius 2 is 2.04 bits per heavy atom. The number of nitrogens with zero attached hydrogens (tertiary/aromatic N) is 1. The molecule has 0 aliphatic carbocycles. The van der Waals surface area contributed by atoms with E-state index in [2.05, 4.69) is 15.8 Å². The first-order valence-corrected chi connectivity index (χ1v) is 7.70. The van der Waals surface area contributed by atoms with Crippen LogP contribution in [0, 0.1) is 6.92 Å². The van der Waals surface area contributed by atoms with Crippen molar-refractivity contribution in [2.75, 3.05) is 11.9 Å². The smallest absolute Gasteiger partial charge is 0.328 e. The van der Waals surface area contributed by atoms with E-state index in [-0.39, 0.29) is 16.4 Å². The summed E-state index contributed by atoms with van der Waals surface area (Å²) in [5, 5.41) is 8.71. The molecule has 1 atom stereocenters. The summed E-state index contributed by atoms with van der Waals surface area (Å²) in [7, 11) is 0. The molecule has 1 heterocycles. The molecule has 0 aliphatic rings. The van der Waals surface area contributed by atoms with Crippen LogP contribution in [0.25, 0.3) is 0 Å². The van der Waals surface area contributed by atoms with Crippen molar-refractivity contribution < 1.29 is 23.6 Å². The van der Waals surface area contributed by atoms with Gasteiger partial charge in [-0.2, -0.15) is 0 Å². The van der Waals surface area contributed by atoms with Crippen molar-refractivity contribution in [3.8, 4) is 0 Å². The van der Waals surface area contributed by atoms with Crippen molar-refractivity contribution in [3.63, 3.8) is 0 Å². The van der Waals surface area contributed by atoms with Crippen molar-refractivity contribution in [1.29, 1.82) is 0 Å². The fourth-order valence-corrected chi connectivity index (χ4v) is 2.07. The van der Waals surface area contributed by atoms with Gasteiger partial charge in [0.1, 0.15) is 11.8 Å². The van der Waals surface area contributed by atoms with Crippen LogP contribution < -0.4 is 10.6 Å². The van der Waals surface area contributed by atoms with Crippen molar-refractivity contribution >= 4 is 35.2 Å². The van der Waals surface area contributed by atoms with Gasteiger partial charge in [0.05, 0.1) is 10.6 Å². The SMILES string of the molecule is Cc1cc(NC(=O)COC(=O)C(C)NC(=O)c2ccccc2Cl)no1. The van der Waals surface area contributed by atoms with E-state index >= 15 is 0 Å². The summed E-state index contributed by atoms with van der Waals surface area (Å²) in [6.07, 6.45) is 0. The summed E-state index contributed by atoms with van der Waals surface area (Å²) in [4.78, 5) is 35.6. The molecule has 132 valence electrons. The van der Waals surface area contributed by atoms with Gasteiger partial charge in [0, 0.05) is 6.07 Å². The van der Waals surface area contributed by atoms with Gasteiger partial charge in [-0.1, -0.05) is 28.9 Å². The zero-order chi connectivity index (χ0) is 18.4. The minimum Gasteiger partial charge on any atom is -0.454 e. The van der Waals surface area contributed by atoms with Crippen molar-refractivity contribution in [1.82, 2.24) is 10.5 Å². The Bertz CT molecular complexity index is 790. The monoisotopic (exact) mass is 365 g/mol. The largest absolute Gasteiger partial charge is 0.454 e. The molecular formula is C16H16ClN3O5. The van der Waals surface area contributed by atoms with E-state index in [1.54, 1.807) is 25.1 Å². The third-order valence-electron chi connectivity index (χ3n) is 3.06. The molecule has 0 radical (unpaired) electrons. The van der Waals surface area contributed by atoms with Crippen LogP contribution in [0.2, 0.25) is 5.02 Å². The fourth-order valence-electron chi connectivity index (χ4n) is 1.84. The summed E-state index contributed by atoms with van der Waals surface area (Å²) in [5.74, 6) is -1.10. The van der Waals surface area contributed by atoms with E-state index in [0.29, 0.717) is 5.76 Å². The Labute approximate surface area is 148 Å². The van der Waals surface area contributed by atoms with Gasteiger partial charge in [0.25, 0.3) is 11.8 Å². The summed E-state index contributed by atoms with van der Waals surface area (Å²) in [5.41, 5.74) is 0.239. The second-order valence-corrected chi connectivity index (χ2v) is 5.56. The highest BCUT2D eigenvalue weighted by molar-refractivity contribution is 6.33. The number of carbonyl (C=O) groups is 3. The van der Waals surface area contributed by atoms with Crippen molar-refractivity contribution in [2.45, 2.75) is 19.9 Å². The van der Waals surface area contributed by atoms with Crippen LogP contribution >= 0.6 is 11.6 Å². The number of benzene rings is 1. The maximum Gasteiger partial charge on any atom is 0.328 e. The lowest BCUT2D eigenvalue weighted by Gasteiger charge is -2.13. The number of aromatic nitrogens is 1. The number of anilines is 1. The van der Waals surface area contributed by atoms with Gasteiger partial charge in [-0.05, 0) is 26.0 Å². The van der Waals surface area contributed by atoms with E-state index in [4.69, 9.17) is 20.9 Å². The molecule has 0 fully saturated rings. The van der Waals surface area contributed by atoms with Gasteiger partial charge >= 0.3 is 5.97 Å². The number of amides is 2. The van der Waals surface area contributed by atoms with Gasteiger partial charge in [0.15, 0.2) is 12.4 Å². The molecule has 1 aromatic heterocycles. The number of rotatable bonds is 6. The standard InChI is InChI=1S/C16H16ClN3O5/c1-9-7-13(20-25-9)19-14(21)8-24-16(23)10(2)18-15(22)11-5-3-4-6-12(11)17/h3-7,10H,8H2,1-2H3,(H,18,22)(H,19,20,21). The van der Waals surface area contributed by atoms with Gasteiger partial charge < -0.3 is 19.9 Å². The molecule has 0 saturated heterocycles. The molecule has 0 spiro atoms. The fraction of sp³-hybridized carbons (Fsp3) is 0.250. The van der Waals surface area contributed by atoms with Crippen LogP contribution in [0.4, 0.5) is 5.82 Å². The number of hydrogen-bond acceptors (Lipinski definition) is 6. The number of carbonyl (C=O) groups excluding carboxylic acids is 3. The molecule has 0 aliphatic heterocycles. The number of nitrogens with one attached hydrogen (secondary N) is 2. The maximum absolute atomic E-state index is 12.1. The van der Waals surface area contributed by atoms with E-state index in [1.165, 1.54) is 19.1 Å². The Kier molecular flexibility index (Phi) is 6.13. The quantitative estimate of drug-likeness (QED) is 0.757. The minimum absolute atomic E-state index is 0.221. The normalized spacial score (nSPS) is 11.5. The zero-order valence-electron chi connectivity index (χ0n) is 13.5. The molecular weight excluding hydrogens is 350 g/mol. The molecule has 2 amide bonds. The van der Waals surface area contributed by atoms with Crippen LogP contribution in [0.3, 0.4) is 0 Å². The van der Waals surface area contributed by atoms with Crippen molar-refractivity contribution in [2.24, 2.45) is 0 Å². The first-order chi connectivity index (χ1) is 11.9. The third kappa shape index (κ3) is 5.32. The van der Waals surface area contributed by atoms with Gasteiger partial charge in [0.2, 0.25) is 0 Å². The van der Waals surface area contributed by atoms with Gasteiger partial charge in [-0.3, -0.25) is 9.59 Å². The minimum atomic E-state index is -0.953. The molecule has 0 saturated carbocycles. The summed E-state index contributed by atoms with van der Waals surface area (Å²) in [6, 6.07) is 7.00. The maximum atomic E-state index is 12.1. The Morgan fingerprint density at radius 3 is 2.68 bits per heavy atom. The van der Waals surface area contributed by atoms with E-state index < -0.39 is 30.4 Å². The Balaban J connectivity index is 1.81. The second kappa shape index (κ2) is 8.29. The predicted octanol–water partition coefficient (Wildman–Crippen LogP) is 1.94. The van der Waals surface area contributed by atoms with Crippen LogP contribution in [-0.2, 0) is 14.3 Å². The van der Waals surface area contributed by atoms with Crippen LogP contribution in [0.1, 0.15) is 23.0 Å². The van der Waals surface area contributed by atoms with Gasteiger partial charge in [-0.15, -0.1) is 0 Å². The van der Waals surface area contributed by atoms with Crippen LogP contribution in [-0.4, -0.2) is 35.6 Å². The average Bonchev–Trinajstić information content (AvgIpc) is 2.97. The highest BCUT2D eigenvalue weighted by Gasteiger charge is 2.20. The lowest BCUT2D eigenvalue weighted by Crippen LogP contribution is -2.40. The molecule has 1 aromatic carbocycles. The van der Waals surface area contributed by atoms with E-state index in [0.717, 1.165) is 0 Å². The molecule has 9 heteroatoms. The highest BCUT2D eigenvalue weighted by Crippen LogP contribution is 2.14. The Hall–Kier alpha value is -2.87. The number of esters is 1. The summed E-state index contributed by atoms with van der Waals surface area (Å²) >= 11 is 5.92. The third-order valence-corrected chi connectivity index (χ3v) is 3.39. The lowest BCUT2D eigenvalue weighted by molar-refractivity contribution is -0.148. The van der Waals surface area contributed by atoms with Gasteiger partial charge in [-0.25, -0.2) is 4.79 Å². The number of ether oxygens (including phenoxy) is 1. The van der Waals surface area contributed by atoms with Crippen molar-refractivity contribution in [3.05, 3.63) is 46.7 Å². The molecule has 0 bridgehead atoms. The molecule has 25 heavy (non-hydrogen) atoms. The Morgan fingerprint density at radius 1 is 1.32 bits per heavy atom. The molecule has 8 nitrogen and oxygen atoms in total. The number of halogens is 1. The lowest BCUT2D eigenvalue weighted by atomic mass is 10.2. The zero-order valence-corrected chi connectivity index (χ0v) is 14.3. The van der Waals surface area contributed by atoms with Crippen LogP contribution in [0.15, 0.2) is 34.9 Å². The first-order valence-electron chi connectivity index (χ1n) is 7.32. The van der Waals surface area contributed by atoms with E-state index in [9.17, 15) is 14.4 Å². The predicted molar refractivity (Wildman–Crippen MR) is 89.2 cm³/mol. The molecule has 2 aromatic rings. The molecule has 2 N–H and O–H groups in total. The molecule has 2 rings (SSSR count). The van der Waals surface area contributed by atoms with E-state index in [1.807, 2.05) is 0 Å². The number of aryl methyl sites for hydroxylation is 1. The highest BCUT2D eigenvalue weighted by atomic mass is 35.5. The average molecular weight is 366 g/mol. The van der Waals surface area contributed by atoms with Crippen LogP contribution in [0.5, 0.6) is 0 Å². The first kappa shape index (κ1) is 18.5.